The van der Waals surface area contributed by atoms with Crippen molar-refractivity contribution in [2.75, 3.05) is 23.9 Å². The first-order valence-electron chi connectivity index (χ1n) is 5.52. The van der Waals surface area contributed by atoms with Gasteiger partial charge in [0.25, 0.3) is 0 Å². The van der Waals surface area contributed by atoms with Gasteiger partial charge in [-0.3, -0.25) is 0 Å². The van der Waals surface area contributed by atoms with Crippen LogP contribution in [0.15, 0.2) is 24.3 Å². The molecule has 0 bridgehead atoms. The first-order valence-corrected chi connectivity index (χ1v) is 7.58. The number of nitrogens with one attached hydrogen (secondary N) is 1. The van der Waals surface area contributed by atoms with Crippen LogP contribution in [0, 0.1) is 0 Å². The van der Waals surface area contributed by atoms with Crippen molar-refractivity contribution in [1.29, 1.82) is 0 Å². The third-order valence-corrected chi connectivity index (χ3v) is 3.41. The zero-order valence-corrected chi connectivity index (χ0v) is 10.7. The van der Waals surface area contributed by atoms with Crippen LogP contribution in [-0.4, -0.2) is 27.0 Å². The van der Waals surface area contributed by atoms with Gasteiger partial charge in [-0.2, -0.15) is 0 Å². The summed E-state index contributed by atoms with van der Waals surface area (Å²) in [5, 5.41) is 3.20. The molecule has 0 saturated carbocycles. The van der Waals surface area contributed by atoms with Crippen LogP contribution in [0.1, 0.15) is 18.9 Å². The largest absolute Gasteiger partial charge is 0.385 e. The highest BCUT2D eigenvalue weighted by atomic mass is 32.2. The summed E-state index contributed by atoms with van der Waals surface area (Å²) in [5.41, 5.74) is 2.35. The van der Waals surface area contributed by atoms with E-state index in [0.717, 1.165) is 12.1 Å². The molecule has 0 unspecified atom stereocenters. The number of benzene rings is 1. The third kappa shape index (κ3) is 5.16. The van der Waals surface area contributed by atoms with E-state index in [9.17, 15) is 8.42 Å². The van der Waals surface area contributed by atoms with E-state index in [4.69, 9.17) is 0 Å². The van der Waals surface area contributed by atoms with Crippen LogP contribution in [-0.2, 0) is 16.3 Å². The number of anilines is 1. The normalized spacial score (nSPS) is 11.4. The van der Waals surface area contributed by atoms with Crippen molar-refractivity contribution in [2.45, 2.75) is 19.8 Å². The van der Waals surface area contributed by atoms with Gasteiger partial charge in [0.1, 0.15) is 9.84 Å². The first-order chi connectivity index (χ1) is 7.51. The molecule has 0 saturated heterocycles. The molecule has 0 spiro atoms. The quantitative estimate of drug-likeness (QED) is 0.776. The lowest BCUT2D eigenvalue weighted by Crippen LogP contribution is -2.09. The molecule has 1 rings (SSSR count). The Balaban J connectivity index is 2.32. The van der Waals surface area contributed by atoms with E-state index >= 15 is 0 Å². The van der Waals surface area contributed by atoms with E-state index < -0.39 is 9.84 Å². The molecular weight excluding hydrogens is 222 g/mol. The van der Waals surface area contributed by atoms with Gasteiger partial charge < -0.3 is 5.32 Å². The molecule has 0 aliphatic carbocycles. The number of rotatable bonds is 6. The number of aryl methyl sites for hydroxylation is 1. The SMILES string of the molecule is CCc1ccc(NCCCS(C)(=O)=O)cc1. The highest BCUT2D eigenvalue weighted by Gasteiger charge is 2.00. The molecule has 1 aromatic carbocycles. The molecular formula is C12H19NO2S. The lowest BCUT2D eigenvalue weighted by molar-refractivity contribution is 0.600. The minimum atomic E-state index is -2.83. The fourth-order valence-corrected chi connectivity index (χ4v) is 2.09. The van der Waals surface area contributed by atoms with Gasteiger partial charge in [0.15, 0.2) is 0 Å². The highest BCUT2D eigenvalue weighted by Crippen LogP contribution is 2.09. The second-order valence-electron chi connectivity index (χ2n) is 3.96. The van der Waals surface area contributed by atoms with Crippen LogP contribution in [0.25, 0.3) is 0 Å². The molecule has 0 radical (unpaired) electrons. The predicted molar refractivity (Wildman–Crippen MR) is 68.6 cm³/mol. The van der Waals surface area contributed by atoms with Crippen molar-refractivity contribution in [3.8, 4) is 0 Å². The monoisotopic (exact) mass is 241 g/mol. The summed E-state index contributed by atoms with van der Waals surface area (Å²) in [6.45, 7) is 2.81. The molecule has 4 heteroatoms. The van der Waals surface area contributed by atoms with E-state index in [-0.39, 0.29) is 5.75 Å². The molecule has 16 heavy (non-hydrogen) atoms. The van der Waals surface area contributed by atoms with Crippen LogP contribution >= 0.6 is 0 Å². The van der Waals surface area contributed by atoms with Crippen LogP contribution in [0.4, 0.5) is 5.69 Å². The zero-order chi connectivity index (χ0) is 12.0. The topological polar surface area (TPSA) is 46.2 Å². The van der Waals surface area contributed by atoms with Gasteiger partial charge in [0.2, 0.25) is 0 Å². The Bertz CT molecular complexity index is 409. The van der Waals surface area contributed by atoms with Crippen molar-refractivity contribution in [2.24, 2.45) is 0 Å². The van der Waals surface area contributed by atoms with Crippen molar-refractivity contribution < 1.29 is 8.42 Å². The third-order valence-electron chi connectivity index (χ3n) is 2.38. The number of sulfone groups is 1. The lowest BCUT2D eigenvalue weighted by Gasteiger charge is -2.06. The highest BCUT2D eigenvalue weighted by molar-refractivity contribution is 7.90. The summed E-state index contributed by atoms with van der Waals surface area (Å²) in [5.74, 6) is 0.243. The van der Waals surface area contributed by atoms with Crippen molar-refractivity contribution in [3.05, 3.63) is 29.8 Å². The van der Waals surface area contributed by atoms with Gasteiger partial charge in [-0.1, -0.05) is 19.1 Å². The van der Waals surface area contributed by atoms with Crippen LogP contribution < -0.4 is 5.32 Å². The molecule has 0 atom stereocenters. The Kier molecular flexibility index (Phi) is 4.80. The van der Waals surface area contributed by atoms with Crippen LogP contribution in [0.2, 0.25) is 0 Å². The Morgan fingerprint density at radius 1 is 1.19 bits per heavy atom. The zero-order valence-electron chi connectivity index (χ0n) is 9.86. The average molecular weight is 241 g/mol. The fourth-order valence-electron chi connectivity index (χ4n) is 1.43. The van der Waals surface area contributed by atoms with Crippen LogP contribution in [0.3, 0.4) is 0 Å². The first kappa shape index (κ1) is 13.0. The minimum absolute atomic E-state index is 0.243. The molecule has 0 fully saturated rings. The summed E-state index contributed by atoms with van der Waals surface area (Å²) >= 11 is 0. The van der Waals surface area contributed by atoms with Gasteiger partial charge in [-0.15, -0.1) is 0 Å². The fraction of sp³-hybridized carbons (Fsp3) is 0.500. The second-order valence-corrected chi connectivity index (χ2v) is 6.22. The molecule has 0 aromatic heterocycles. The van der Waals surface area contributed by atoms with E-state index in [0.29, 0.717) is 13.0 Å². The van der Waals surface area contributed by atoms with E-state index in [1.54, 1.807) is 0 Å². The van der Waals surface area contributed by atoms with Crippen molar-refractivity contribution in [1.82, 2.24) is 0 Å². The number of hydrogen-bond donors (Lipinski definition) is 1. The molecule has 0 aliphatic heterocycles. The summed E-state index contributed by atoms with van der Waals surface area (Å²) in [6, 6.07) is 8.22. The van der Waals surface area contributed by atoms with Gasteiger partial charge in [0, 0.05) is 18.5 Å². The summed E-state index contributed by atoms with van der Waals surface area (Å²) in [4.78, 5) is 0. The number of hydrogen-bond acceptors (Lipinski definition) is 3. The Hall–Kier alpha value is -1.03. The maximum atomic E-state index is 10.9. The maximum absolute atomic E-state index is 10.9. The van der Waals surface area contributed by atoms with Crippen molar-refractivity contribution in [3.63, 3.8) is 0 Å². The predicted octanol–water partition coefficient (Wildman–Crippen LogP) is 2.10. The molecule has 1 aromatic rings. The average Bonchev–Trinajstić information content (AvgIpc) is 2.24. The van der Waals surface area contributed by atoms with Crippen molar-refractivity contribution >= 4 is 15.5 Å². The minimum Gasteiger partial charge on any atom is -0.385 e. The Labute approximate surface area is 97.8 Å². The lowest BCUT2D eigenvalue weighted by atomic mass is 10.1. The Morgan fingerprint density at radius 3 is 2.31 bits per heavy atom. The maximum Gasteiger partial charge on any atom is 0.147 e. The van der Waals surface area contributed by atoms with E-state index in [1.807, 2.05) is 12.1 Å². The summed E-state index contributed by atoms with van der Waals surface area (Å²) in [7, 11) is -2.83. The van der Waals surface area contributed by atoms with E-state index in [1.165, 1.54) is 11.8 Å². The van der Waals surface area contributed by atoms with E-state index in [2.05, 4.69) is 24.4 Å². The van der Waals surface area contributed by atoms with Crippen LogP contribution in [0.5, 0.6) is 0 Å². The molecule has 3 nitrogen and oxygen atoms in total. The Morgan fingerprint density at radius 2 is 1.81 bits per heavy atom. The molecule has 0 aliphatic rings. The molecule has 90 valence electrons. The molecule has 0 heterocycles. The standard InChI is InChI=1S/C12H19NO2S/c1-3-11-5-7-12(8-6-11)13-9-4-10-16(2,14)15/h5-8,13H,3-4,9-10H2,1-2H3. The smallest absolute Gasteiger partial charge is 0.147 e. The summed E-state index contributed by atoms with van der Waals surface area (Å²) < 4.78 is 21.8. The van der Waals surface area contributed by atoms with Gasteiger partial charge in [0.05, 0.1) is 5.75 Å². The van der Waals surface area contributed by atoms with Gasteiger partial charge >= 0.3 is 0 Å². The summed E-state index contributed by atoms with van der Waals surface area (Å²) in [6.07, 6.45) is 2.95. The molecule has 1 N–H and O–H groups in total. The van der Waals surface area contributed by atoms with Gasteiger partial charge in [-0.05, 0) is 30.5 Å². The second kappa shape index (κ2) is 5.89. The molecule has 0 amide bonds. The van der Waals surface area contributed by atoms with Gasteiger partial charge in [-0.25, -0.2) is 8.42 Å².